The lowest BCUT2D eigenvalue weighted by Gasteiger charge is -2.11. The molecule has 7 nitrogen and oxygen atoms in total. The summed E-state index contributed by atoms with van der Waals surface area (Å²) in [6.45, 7) is 2.39. The van der Waals surface area contributed by atoms with Crippen molar-refractivity contribution in [3.05, 3.63) is 22.5 Å². The molecule has 1 heterocycles. The molecule has 0 fully saturated rings. The number of aromatic nitrogens is 2. The average Bonchev–Trinajstić information content (AvgIpc) is 2.94. The SMILES string of the molecule is CCOc1cc(-c2noc(CCC(N)=O)n2)cc(Br)c1OC. The van der Waals surface area contributed by atoms with Gasteiger partial charge < -0.3 is 19.7 Å². The minimum Gasteiger partial charge on any atom is -0.492 e. The van der Waals surface area contributed by atoms with E-state index < -0.39 is 5.91 Å². The molecule has 2 aromatic rings. The molecule has 0 aliphatic rings. The lowest BCUT2D eigenvalue weighted by molar-refractivity contribution is -0.118. The van der Waals surface area contributed by atoms with E-state index in [1.807, 2.05) is 13.0 Å². The van der Waals surface area contributed by atoms with Crippen molar-refractivity contribution in [2.24, 2.45) is 5.73 Å². The van der Waals surface area contributed by atoms with Gasteiger partial charge in [0.2, 0.25) is 17.6 Å². The fourth-order valence-corrected chi connectivity index (χ4v) is 2.47. The van der Waals surface area contributed by atoms with Crippen molar-refractivity contribution in [1.29, 1.82) is 0 Å². The number of benzene rings is 1. The Labute approximate surface area is 135 Å². The summed E-state index contributed by atoms with van der Waals surface area (Å²) in [5.74, 6) is 1.54. The zero-order valence-corrected chi connectivity index (χ0v) is 13.8. The maximum atomic E-state index is 10.8. The highest BCUT2D eigenvalue weighted by atomic mass is 79.9. The van der Waals surface area contributed by atoms with Crippen LogP contribution in [0.15, 0.2) is 21.1 Å². The quantitative estimate of drug-likeness (QED) is 0.803. The highest BCUT2D eigenvalue weighted by Gasteiger charge is 2.16. The van der Waals surface area contributed by atoms with Gasteiger partial charge in [-0.3, -0.25) is 4.79 Å². The van der Waals surface area contributed by atoms with E-state index in [-0.39, 0.29) is 6.42 Å². The number of rotatable bonds is 7. The molecule has 0 aliphatic heterocycles. The minimum atomic E-state index is -0.412. The standard InChI is InChI=1S/C14H16BrN3O4/c1-3-21-10-7-8(6-9(15)13(10)20-2)14-17-12(22-18-14)5-4-11(16)19/h6-7H,3-5H2,1-2H3,(H2,16,19). The molecule has 0 aliphatic carbocycles. The molecular formula is C14H16BrN3O4. The summed E-state index contributed by atoms with van der Waals surface area (Å²) in [4.78, 5) is 15.0. The van der Waals surface area contributed by atoms with Gasteiger partial charge in [0, 0.05) is 18.4 Å². The molecule has 0 spiro atoms. The molecule has 22 heavy (non-hydrogen) atoms. The van der Waals surface area contributed by atoms with Gasteiger partial charge in [0.1, 0.15) is 0 Å². The molecule has 0 saturated carbocycles. The van der Waals surface area contributed by atoms with Crippen LogP contribution in [0.5, 0.6) is 11.5 Å². The largest absolute Gasteiger partial charge is 0.492 e. The van der Waals surface area contributed by atoms with E-state index in [0.717, 1.165) is 4.47 Å². The predicted molar refractivity (Wildman–Crippen MR) is 82.7 cm³/mol. The molecule has 8 heteroatoms. The van der Waals surface area contributed by atoms with E-state index >= 15 is 0 Å². The molecule has 0 saturated heterocycles. The van der Waals surface area contributed by atoms with Gasteiger partial charge in [0.25, 0.3) is 0 Å². The van der Waals surface area contributed by atoms with Crippen molar-refractivity contribution in [1.82, 2.24) is 10.1 Å². The number of ether oxygens (including phenoxy) is 2. The molecule has 1 aromatic heterocycles. The molecule has 0 radical (unpaired) electrons. The number of nitrogens with zero attached hydrogens (tertiary/aromatic N) is 2. The van der Waals surface area contributed by atoms with Crippen molar-refractivity contribution < 1.29 is 18.8 Å². The molecule has 2 rings (SSSR count). The van der Waals surface area contributed by atoms with E-state index in [1.165, 1.54) is 0 Å². The first kappa shape index (κ1) is 16.3. The number of amides is 1. The number of halogens is 1. The Balaban J connectivity index is 2.30. The van der Waals surface area contributed by atoms with Crippen LogP contribution in [0.2, 0.25) is 0 Å². The normalized spacial score (nSPS) is 10.5. The fourth-order valence-electron chi connectivity index (χ4n) is 1.86. The lowest BCUT2D eigenvalue weighted by Crippen LogP contribution is -2.11. The van der Waals surface area contributed by atoms with E-state index in [0.29, 0.717) is 41.8 Å². The van der Waals surface area contributed by atoms with Crippen LogP contribution in [0.3, 0.4) is 0 Å². The number of hydrogen-bond donors (Lipinski definition) is 1. The van der Waals surface area contributed by atoms with Crippen LogP contribution in [0.25, 0.3) is 11.4 Å². The Bertz CT molecular complexity index is 672. The van der Waals surface area contributed by atoms with Crippen LogP contribution in [0.1, 0.15) is 19.2 Å². The molecule has 1 aromatic carbocycles. The van der Waals surface area contributed by atoms with Crippen molar-refractivity contribution in [3.8, 4) is 22.9 Å². The summed E-state index contributed by atoms with van der Waals surface area (Å²) in [7, 11) is 1.57. The van der Waals surface area contributed by atoms with E-state index in [9.17, 15) is 4.79 Å². The molecule has 0 unspecified atom stereocenters. The van der Waals surface area contributed by atoms with E-state index in [4.69, 9.17) is 19.7 Å². The molecule has 0 atom stereocenters. The Morgan fingerprint density at radius 2 is 2.23 bits per heavy atom. The van der Waals surface area contributed by atoms with Gasteiger partial charge in [-0.05, 0) is 35.0 Å². The zero-order valence-electron chi connectivity index (χ0n) is 12.3. The van der Waals surface area contributed by atoms with E-state index in [1.54, 1.807) is 13.2 Å². The Morgan fingerprint density at radius 3 is 2.86 bits per heavy atom. The summed E-state index contributed by atoms with van der Waals surface area (Å²) in [5.41, 5.74) is 5.81. The second-order valence-corrected chi connectivity index (χ2v) is 5.25. The summed E-state index contributed by atoms with van der Waals surface area (Å²) in [6, 6.07) is 3.58. The van der Waals surface area contributed by atoms with Crippen LogP contribution in [0, 0.1) is 0 Å². The smallest absolute Gasteiger partial charge is 0.227 e. The summed E-state index contributed by atoms with van der Waals surface area (Å²) in [5, 5.41) is 3.91. The van der Waals surface area contributed by atoms with Gasteiger partial charge >= 0.3 is 0 Å². The third-order valence-electron chi connectivity index (χ3n) is 2.83. The van der Waals surface area contributed by atoms with Gasteiger partial charge in [-0.1, -0.05) is 5.16 Å². The van der Waals surface area contributed by atoms with Crippen LogP contribution in [0.4, 0.5) is 0 Å². The first-order chi connectivity index (χ1) is 10.5. The predicted octanol–water partition coefficient (Wildman–Crippen LogP) is 2.32. The third kappa shape index (κ3) is 3.76. The number of carbonyl (C=O) groups is 1. The van der Waals surface area contributed by atoms with Gasteiger partial charge in [-0.15, -0.1) is 0 Å². The number of aryl methyl sites for hydroxylation is 1. The number of hydrogen-bond acceptors (Lipinski definition) is 6. The molecular weight excluding hydrogens is 354 g/mol. The highest BCUT2D eigenvalue weighted by molar-refractivity contribution is 9.10. The summed E-state index contributed by atoms with van der Waals surface area (Å²) >= 11 is 3.43. The third-order valence-corrected chi connectivity index (χ3v) is 3.41. The lowest BCUT2D eigenvalue weighted by atomic mass is 10.2. The van der Waals surface area contributed by atoms with Crippen LogP contribution in [-0.2, 0) is 11.2 Å². The minimum absolute atomic E-state index is 0.165. The Kier molecular flexibility index (Phi) is 5.37. The second kappa shape index (κ2) is 7.26. The fraction of sp³-hybridized carbons (Fsp3) is 0.357. The van der Waals surface area contributed by atoms with Crippen molar-refractivity contribution in [2.75, 3.05) is 13.7 Å². The molecule has 1 amide bonds. The summed E-state index contributed by atoms with van der Waals surface area (Å²) in [6.07, 6.45) is 0.482. The zero-order chi connectivity index (χ0) is 16.1. The maximum absolute atomic E-state index is 10.8. The summed E-state index contributed by atoms with van der Waals surface area (Å²) < 4.78 is 16.7. The first-order valence-electron chi connectivity index (χ1n) is 6.66. The number of nitrogens with two attached hydrogens (primary N) is 1. The highest BCUT2D eigenvalue weighted by Crippen LogP contribution is 2.39. The van der Waals surface area contributed by atoms with Gasteiger partial charge in [0.05, 0.1) is 18.2 Å². The van der Waals surface area contributed by atoms with Crippen LogP contribution in [-0.4, -0.2) is 29.8 Å². The number of methoxy groups -OCH3 is 1. The average molecular weight is 370 g/mol. The first-order valence-corrected chi connectivity index (χ1v) is 7.46. The van der Waals surface area contributed by atoms with Gasteiger partial charge in [0.15, 0.2) is 11.5 Å². The Hall–Kier alpha value is -2.09. The van der Waals surface area contributed by atoms with Gasteiger partial charge in [-0.2, -0.15) is 4.98 Å². The topological polar surface area (TPSA) is 100 Å². The van der Waals surface area contributed by atoms with Crippen LogP contribution < -0.4 is 15.2 Å². The second-order valence-electron chi connectivity index (χ2n) is 4.40. The number of primary amides is 1. The Morgan fingerprint density at radius 1 is 1.45 bits per heavy atom. The van der Waals surface area contributed by atoms with Crippen molar-refractivity contribution in [2.45, 2.75) is 19.8 Å². The molecule has 2 N–H and O–H groups in total. The maximum Gasteiger partial charge on any atom is 0.227 e. The number of carbonyl (C=O) groups excluding carboxylic acids is 1. The van der Waals surface area contributed by atoms with Crippen molar-refractivity contribution >= 4 is 21.8 Å². The monoisotopic (exact) mass is 369 g/mol. The molecule has 118 valence electrons. The van der Waals surface area contributed by atoms with Gasteiger partial charge in [-0.25, -0.2) is 0 Å². The van der Waals surface area contributed by atoms with E-state index in [2.05, 4.69) is 26.1 Å². The molecule has 0 bridgehead atoms. The van der Waals surface area contributed by atoms with Crippen LogP contribution >= 0.6 is 15.9 Å². The van der Waals surface area contributed by atoms with Crippen molar-refractivity contribution in [3.63, 3.8) is 0 Å².